The van der Waals surface area contributed by atoms with E-state index in [2.05, 4.69) is 48.0 Å². The molecule has 0 fully saturated rings. The highest BCUT2D eigenvalue weighted by Crippen LogP contribution is 2.21. The third-order valence-electron chi connectivity index (χ3n) is 2.77. The van der Waals surface area contributed by atoms with Gasteiger partial charge in [0, 0.05) is 30.2 Å². The normalized spacial score (nSPS) is 10.3. The van der Waals surface area contributed by atoms with Gasteiger partial charge in [-0.3, -0.25) is 0 Å². The zero-order valence-corrected chi connectivity index (χ0v) is 12.1. The summed E-state index contributed by atoms with van der Waals surface area (Å²) in [6.07, 6.45) is 2.13. The van der Waals surface area contributed by atoms with Gasteiger partial charge in [0.15, 0.2) is 0 Å². The molecule has 3 heteroatoms. The van der Waals surface area contributed by atoms with Gasteiger partial charge in [-0.05, 0) is 38.4 Å². The molecular weight excluding hydrogens is 224 g/mol. The van der Waals surface area contributed by atoms with E-state index in [1.54, 1.807) is 7.11 Å². The first-order valence-electron chi connectivity index (χ1n) is 6.48. The molecule has 0 atom stereocenters. The molecule has 1 heterocycles. The molecule has 0 spiro atoms. The zero-order chi connectivity index (χ0) is 13.5. The molecule has 0 aliphatic carbocycles. The molecule has 3 nitrogen and oxygen atoms in total. The van der Waals surface area contributed by atoms with Crippen LogP contribution in [0.15, 0.2) is 30.5 Å². The Labute approximate surface area is 110 Å². The second kappa shape index (κ2) is 7.07. The molecule has 2 rings (SSSR count). The van der Waals surface area contributed by atoms with Gasteiger partial charge in [0.05, 0.1) is 7.11 Å². The lowest BCUT2D eigenvalue weighted by Crippen LogP contribution is -2.17. The number of methoxy groups -OCH3 is 1. The van der Waals surface area contributed by atoms with E-state index < -0.39 is 0 Å². The first kappa shape index (κ1) is 14.6. The average molecular weight is 248 g/mol. The van der Waals surface area contributed by atoms with E-state index in [-0.39, 0.29) is 0 Å². The van der Waals surface area contributed by atoms with E-state index in [0.29, 0.717) is 0 Å². The van der Waals surface area contributed by atoms with Crippen LogP contribution in [0.5, 0.6) is 5.75 Å². The lowest BCUT2D eigenvalue weighted by atomic mass is 10.2. The summed E-state index contributed by atoms with van der Waals surface area (Å²) < 4.78 is 7.48. The van der Waals surface area contributed by atoms with Crippen molar-refractivity contribution in [3.05, 3.63) is 30.5 Å². The van der Waals surface area contributed by atoms with E-state index in [4.69, 9.17) is 4.74 Å². The summed E-state index contributed by atoms with van der Waals surface area (Å²) in [4.78, 5) is 2.19. The largest absolute Gasteiger partial charge is 0.497 e. The summed E-state index contributed by atoms with van der Waals surface area (Å²) >= 11 is 0. The molecule has 0 unspecified atom stereocenters. The Morgan fingerprint density at radius 2 is 1.89 bits per heavy atom. The van der Waals surface area contributed by atoms with E-state index in [0.717, 1.165) is 18.8 Å². The van der Waals surface area contributed by atoms with Crippen molar-refractivity contribution >= 4 is 10.9 Å². The number of fused-ring (bicyclic) bond motifs is 1. The lowest BCUT2D eigenvalue weighted by molar-refractivity contribution is 0.387. The topological polar surface area (TPSA) is 17.4 Å². The number of likely N-dealkylation sites (N-methyl/N-ethyl adjacent to an activating group) is 1. The molecule has 0 amide bonds. The molecule has 0 aliphatic rings. The predicted molar refractivity (Wildman–Crippen MR) is 78.4 cm³/mol. The zero-order valence-electron chi connectivity index (χ0n) is 12.1. The highest BCUT2D eigenvalue weighted by Gasteiger charge is 2.02. The van der Waals surface area contributed by atoms with Crippen LogP contribution in [0.2, 0.25) is 0 Å². The molecule has 1 aromatic carbocycles. The molecule has 18 heavy (non-hydrogen) atoms. The molecule has 0 N–H and O–H groups in total. The van der Waals surface area contributed by atoms with Gasteiger partial charge in [0.25, 0.3) is 0 Å². The van der Waals surface area contributed by atoms with Crippen LogP contribution in [-0.4, -0.2) is 37.2 Å². The smallest absolute Gasteiger partial charge is 0.119 e. The fourth-order valence-electron chi connectivity index (χ4n) is 1.81. The van der Waals surface area contributed by atoms with Crippen molar-refractivity contribution in [2.45, 2.75) is 20.4 Å². The molecular formula is C15H24N2O. The molecule has 1 aromatic heterocycles. The first-order chi connectivity index (χ1) is 8.70. The Hall–Kier alpha value is -1.48. The number of hydrogen-bond donors (Lipinski definition) is 0. The Morgan fingerprint density at radius 3 is 2.50 bits per heavy atom. The minimum absolute atomic E-state index is 0.915. The van der Waals surface area contributed by atoms with Gasteiger partial charge in [0.1, 0.15) is 5.75 Å². The fourth-order valence-corrected chi connectivity index (χ4v) is 1.81. The van der Waals surface area contributed by atoms with Crippen LogP contribution in [0.3, 0.4) is 0 Å². The summed E-state index contributed by atoms with van der Waals surface area (Å²) in [7, 11) is 5.88. The van der Waals surface area contributed by atoms with E-state index in [1.807, 2.05) is 19.9 Å². The molecule has 0 aliphatic heterocycles. The van der Waals surface area contributed by atoms with Crippen LogP contribution >= 0.6 is 0 Å². The van der Waals surface area contributed by atoms with Crippen molar-refractivity contribution < 1.29 is 4.74 Å². The fraction of sp³-hybridized carbons (Fsp3) is 0.467. The summed E-state index contributed by atoms with van der Waals surface area (Å²) in [5.74, 6) is 0.915. The number of rotatable bonds is 4. The number of hydrogen-bond acceptors (Lipinski definition) is 2. The van der Waals surface area contributed by atoms with Crippen molar-refractivity contribution in [1.82, 2.24) is 9.47 Å². The maximum Gasteiger partial charge on any atom is 0.119 e. The van der Waals surface area contributed by atoms with Gasteiger partial charge in [-0.25, -0.2) is 0 Å². The summed E-state index contributed by atoms with van der Waals surface area (Å²) in [6.45, 7) is 6.07. The second-order valence-corrected chi connectivity index (χ2v) is 4.24. The highest BCUT2D eigenvalue weighted by molar-refractivity contribution is 5.81. The predicted octanol–water partition coefficient (Wildman–Crippen LogP) is 3.24. The van der Waals surface area contributed by atoms with Crippen molar-refractivity contribution in [1.29, 1.82) is 0 Å². The van der Waals surface area contributed by atoms with Crippen LogP contribution in [-0.2, 0) is 6.54 Å². The van der Waals surface area contributed by atoms with E-state index >= 15 is 0 Å². The Morgan fingerprint density at radius 1 is 1.17 bits per heavy atom. The van der Waals surface area contributed by atoms with Gasteiger partial charge >= 0.3 is 0 Å². The lowest BCUT2D eigenvalue weighted by Gasteiger charge is -2.11. The third-order valence-corrected chi connectivity index (χ3v) is 2.77. The highest BCUT2D eigenvalue weighted by atomic mass is 16.5. The van der Waals surface area contributed by atoms with Gasteiger partial charge < -0.3 is 14.2 Å². The maximum atomic E-state index is 5.21. The Balaban J connectivity index is 0.000000771. The van der Waals surface area contributed by atoms with Crippen molar-refractivity contribution in [2.24, 2.45) is 0 Å². The molecule has 0 radical (unpaired) electrons. The van der Waals surface area contributed by atoms with Crippen molar-refractivity contribution in [3.8, 4) is 5.75 Å². The quantitative estimate of drug-likeness (QED) is 0.826. The van der Waals surface area contributed by atoms with Crippen LogP contribution in [0, 0.1) is 0 Å². The molecule has 0 saturated carbocycles. The van der Waals surface area contributed by atoms with Crippen LogP contribution < -0.4 is 4.74 Å². The number of nitrogens with zero attached hydrogens (tertiary/aromatic N) is 2. The number of ether oxygens (including phenoxy) is 1. The number of aromatic nitrogens is 1. The SMILES string of the molecule is CC.COc1ccc2c(ccn2CCN(C)C)c1. The van der Waals surface area contributed by atoms with Crippen molar-refractivity contribution in [3.63, 3.8) is 0 Å². The van der Waals surface area contributed by atoms with Gasteiger partial charge in [-0.2, -0.15) is 0 Å². The molecule has 0 saturated heterocycles. The molecule has 100 valence electrons. The van der Waals surface area contributed by atoms with E-state index in [1.165, 1.54) is 10.9 Å². The molecule has 0 bridgehead atoms. The van der Waals surface area contributed by atoms with Gasteiger partial charge in [0.2, 0.25) is 0 Å². The van der Waals surface area contributed by atoms with Gasteiger partial charge in [-0.15, -0.1) is 0 Å². The average Bonchev–Trinajstić information content (AvgIpc) is 2.80. The van der Waals surface area contributed by atoms with Crippen molar-refractivity contribution in [2.75, 3.05) is 27.7 Å². The van der Waals surface area contributed by atoms with Gasteiger partial charge in [-0.1, -0.05) is 13.8 Å². The summed E-state index contributed by atoms with van der Waals surface area (Å²) in [5, 5.41) is 1.23. The second-order valence-electron chi connectivity index (χ2n) is 4.24. The van der Waals surface area contributed by atoms with E-state index in [9.17, 15) is 0 Å². The first-order valence-corrected chi connectivity index (χ1v) is 6.48. The van der Waals surface area contributed by atoms with Crippen LogP contribution in [0.25, 0.3) is 10.9 Å². The van der Waals surface area contributed by atoms with Crippen LogP contribution in [0.1, 0.15) is 13.8 Å². The minimum atomic E-state index is 0.915. The Bertz CT molecular complexity index is 474. The monoisotopic (exact) mass is 248 g/mol. The Kier molecular flexibility index (Phi) is 5.72. The third kappa shape index (κ3) is 3.50. The maximum absolute atomic E-state index is 5.21. The van der Waals surface area contributed by atoms with Crippen LogP contribution in [0.4, 0.5) is 0 Å². The summed E-state index contributed by atoms with van der Waals surface area (Å²) in [5.41, 5.74) is 1.27. The summed E-state index contributed by atoms with van der Waals surface area (Å²) in [6, 6.07) is 8.33. The molecule has 2 aromatic rings. The number of benzene rings is 1. The minimum Gasteiger partial charge on any atom is -0.497 e. The standard InChI is InChI=1S/C13H18N2O.C2H6/c1-14(2)8-9-15-7-6-11-10-12(16-3)4-5-13(11)15;1-2/h4-7,10H,8-9H2,1-3H3;1-2H3.